The van der Waals surface area contributed by atoms with E-state index in [0.717, 1.165) is 0 Å². The van der Waals surface area contributed by atoms with Crippen molar-refractivity contribution in [3.8, 4) is 0 Å². The van der Waals surface area contributed by atoms with Crippen LogP contribution in [0.25, 0.3) is 0 Å². The summed E-state index contributed by atoms with van der Waals surface area (Å²) in [7, 11) is 0. The maximum atomic E-state index is 10.7. The predicted molar refractivity (Wildman–Crippen MR) is 61.7 cm³/mol. The number of carbonyl (C=O) groups is 1. The number of rotatable bonds is 4. The van der Waals surface area contributed by atoms with Gasteiger partial charge in [0.1, 0.15) is 18.4 Å². The van der Waals surface area contributed by atoms with E-state index >= 15 is 0 Å². The molecule has 19 heavy (non-hydrogen) atoms. The number of hydrogen-bond acceptors (Lipinski definition) is 7. The van der Waals surface area contributed by atoms with Gasteiger partial charge in [0.2, 0.25) is 0 Å². The molecule has 0 saturated heterocycles. The van der Waals surface area contributed by atoms with Gasteiger partial charge in [0.15, 0.2) is 0 Å². The summed E-state index contributed by atoms with van der Waals surface area (Å²) in [6.07, 6.45) is -0.00469. The van der Waals surface area contributed by atoms with Crippen molar-refractivity contribution >= 4 is 5.97 Å². The normalized spacial score (nSPS) is 30.5. The Labute approximate surface area is 109 Å². The first-order valence-corrected chi connectivity index (χ1v) is 6.04. The van der Waals surface area contributed by atoms with Crippen LogP contribution in [0, 0.1) is 5.92 Å². The maximum absolute atomic E-state index is 10.7. The molecule has 1 aliphatic carbocycles. The van der Waals surface area contributed by atoms with E-state index in [4.69, 9.17) is 9.84 Å². The summed E-state index contributed by atoms with van der Waals surface area (Å²) in [5.41, 5.74) is 0.462. The first kappa shape index (κ1) is 13.9. The van der Waals surface area contributed by atoms with Gasteiger partial charge in [-0.1, -0.05) is 5.21 Å². The summed E-state index contributed by atoms with van der Waals surface area (Å²) < 4.78 is 6.22. The number of carbonyl (C=O) groups excluding carboxylic acids is 1. The Hall–Kier alpha value is -1.51. The molecule has 4 atom stereocenters. The van der Waals surface area contributed by atoms with Crippen LogP contribution in [-0.4, -0.2) is 55.1 Å². The molecule has 1 aromatic rings. The van der Waals surface area contributed by atoms with E-state index in [0.29, 0.717) is 12.1 Å². The molecule has 0 bridgehead atoms. The third kappa shape index (κ3) is 2.91. The molecule has 2 rings (SSSR count). The van der Waals surface area contributed by atoms with Crippen LogP contribution in [0.3, 0.4) is 0 Å². The van der Waals surface area contributed by atoms with Crippen LogP contribution in [0.2, 0.25) is 0 Å². The molecular weight excluding hydrogens is 254 g/mol. The lowest BCUT2D eigenvalue weighted by molar-refractivity contribution is -0.142. The molecule has 1 heterocycles. The molecule has 106 valence electrons. The zero-order valence-corrected chi connectivity index (χ0v) is 10.5. The van der Waals surface area contributed by atoms with E-state index in [1.165, 1.54) is 11.6 Å². The lowest BCUT2D eigenvalue weighted by Crippen LogP contribution is -2.30. The maximum Gasteiger partial charge on any atom is 0.303 e. The molecule has 1 saturated carbocycles. The summed E-state index contributed by atoms with van der Waals surface area (Å²) in [6, 6.07) is -0.439. The van der Waals surface area contributed by atoms with Gasteiger partial charge in [0.05, 0.1) is 18.3 Å². The van der Waals surface area contributed by atoms with Crippen molar-refractivity contribution in [2.24, 2.45) is 5.92 Å². The van der Waals surface area contributed by atoms with Crippen LogP contribution >= 0.6 is 0 Å². The fraction of sp³-hybridized carbons (Fsp3) is 0.727. The van der Waals surface area contributed by atoms with E-state index in [9.17, 15) is 15.0 Å². The summed E-state index contributed by atoms with van der Waals surface area (Å²) in [6.45, 7) is 1.13. The van der Waals surface area contributed by atoms with Crippen molar-refractivity contribution in [3.05, 3.63) is 11.9 Å². The van der Waals surface area contributed by atoms with Gasteiger partial charge in [0.25, 0.3) is 0 Å². The predicted octanol–water partition coefficient (Wildman–Crippen LogP) is -1.38. The molecule has 1 aliphatic rings. The second-order valence-electron chi connectivity index (χ2n) is 4.70. The van der Waals surface area contributed by atoms with Crippen molar-refractivity contribution in [2.45, 2.75) is 38.2 Å². The Kier molecular flexibility index (Phi) is 4.13. The Morgan fingerprint density at radius 3 is 2.84 bits per heavy atom. The Morgan fingerprint density at radius 2 is 2.26 bits per heavy atom. The molecule has 0 aliphatic heterocycles. The molecule has 0 radical (unpaired) electrons. The van der Waals surface area contributed by atoms with Crippen molar-refractivity contribution in [1.29, 1.82) is 0 Å². The van der Waals surface area contributed by atoms with Crippen LogP contribution in [0.5, 0.6) is 0 Å². The molecule has 0 unspecified atom stereocenters. The average molecular weight is 271 g/mol. The molecular formula is C11H17N3O5. The number of hydrogen-bond donors (Lipinski definition) is 3. The zero-order chi connectivity index (χ0) is 14.0. The van der Waals surface area contributed by atoms with Gasteiger partial charge in [-0.05, 0) is 6.42 Å². The highest BCUT2D eigenvalue weighted by Gasteiger charge is 2.42. The van der Waals surface area contributed by atoms with Gasteiger partial charge in [-0.3, -0.25) is 4.79 Å². The van der Waals surface area contributed by atoms with Gasteiger partial charge < -0.3 is 20.1 Å². The van der Waals surface area contributed by atoms with Crippen LogP contribution < -0.4 is 0 Å². The number of aliphatic hydroxyl groups is 3. The first-order valence-electron chi connectivity index (χ1n) is 6.04. The van der Waals surface area contributed by atoms with E-state index in [1.807, 2.05) is 0 Å². The summed E-state index contributed by atoms with van der Waals surface area (Å²) in [4.78, 5) is 10.7. The summed E-state index contributed by atoms with van der Waals surface area (Å²) in [5, 5.41) is 36.4. The minimum Gasteiger partial charge on any atom is -0.459 e. The number of nitrogens with zero attached hydrogens (tertiary/aromatic N) is 3. The largest absolute Gasteiger partial charge is 0.459 e. The standard InChI is InChI=1S/C11H17N3O5/c1-6(16)19-5-8-3-14(13-12-8)9-2-7(4-15)10(17)11(9)18/h3,7,9-11,15,17-18H,2,4-5H2,1H3/t7-,9-,10-,11+/m1/s1. The average Bonchev–Trinajstić information content (AvgIpc) is 2.94. The van der Waals surface area contributed by atoms with Crippen LogP contribution in [-0.2, 0) is 16.1 Å². The second kappa shape index (κ2) is 5.64. The van der Waals surface area contributed by atoms with Gasteiger partial charge in [-0.15, -0.1) is 5.10 Å². The van der Waals surface area contributed by atoms with Gasteiger partial charge in [-0.25, -0.2) is 4.68 Å². The second-order valence-corrected chi connectivity index (χ2v) is 4.70. The SMILES string of the molecule is CC(=O)OCc1cn([C@@H]2C[C@H](CO)[C@@H](O)[C@H]2O)nn1. The smallest absolute Gasteiger partial charge is 0.303 e. The van der Waals surface area contributed by atoms with Crippen molar-refractivity contribution in [1.82, 2.24) is 15.0 Å². The number of aromatic nitrogens is 3. The van der Waals surface area contributed by atoms with Crippen molar-refractivity contribution < 1.29 is 24.9 Å². The fourth-order valence-corrected chi connectivity index (χ4v) is 2.26. The minimum atomic E-state index is -1.000. The Bertz CT molecular complexity index is 449. The third-order valence-corrected chi connectivity index (χ3v) is 3.33. The zero-order valence-electron chi connectivity index (χ0n) is 10.5. The number of esters is 1. The highest BCUT2D eigenvalue weighted by molar-refractivity contribution is 5.65. The van der Waals surface area contributed by atoms with E-state index in [2.05, 4.69) is 10.3 Å². The van der Waals surface area contributed by atoms with Crippen LogP contribution in [0.1, 0.15) is 25.1 Å². The van der Waals surface area contributed by atoms with E-state index < -0.39 is 24.2 Å². The fourth-order valence-electron chi connectivity index (χ4n) is 2.26. The molecule has 1 fully saturated rings. The molecule has 3 N–H and O–H groups in total. The van der Waals surface area contributed by atoms with Gasteiger partial charge in [0, 0.05) is 19.4 Å². The summed E-state index contributed by atoms with van der Waals surface area (Å²) in [5.74, 6) is -0.785. The summed E-state index contributed by atoms with van der Waals surface area (Å²) >= 11 is 0. The minimum absolute atomic E-state index is 0.0180. The molecule has 0 amide bonds. The van der Waals surface area contributed by atoms with Crippen molar-refractivity contribution in [3.63, 3.8) is 0 Å². The molecule has 8 nitrogen and oxygen atoms in total. The van der Waals surface area contributed by atoms with Crippen LogP contribution in [0.15, 0.2) is 6.20 Å². The Balaban J connectivity index is 2.04. The highest BCUT2D eigenvalue weighted by atomic mass is 16.5. The Morgan fingerprint density at radius 1 is 1.53 bits per heavy atom. The number of aliphatic hydroxyl groups excluding tert-OH is 3. The molecule has 0 aromatic carbocycles. The quantitative estimate of drug-likeness (QED) is 0.577. The number of ether oxygens (including phenoxy) is 1. The topological polar surface area (TPSA) is 118 Å². The lowest BCUT2D eigenvalue weighted by Gasteiger charge is -2.16. The van der Waals surface area contributed by atoms with Gasteiger partial charge >= 0.3 is 5.97 Å². The lowest BCUT2D eigenvalue weighted by atomic mass is 10.1. The highest BCUT2D eigenvalue weighted by Crippen LogP contribution is 2.34. The van der Waals surface area contributed by atoms with E-state index in [1.54, 1.807) is 6.20 Å². The molecule has 0 spiro atoms. The van der Waals surface area contributed by atoms with Crippen molar-refractivity contribution in [2.75, 3.05) is 6.61 Å². The monoisotopic (exact) mass is 271 g/mol. The van der Waals surface area contributed by atoms with Crippen LogP contribution in [0.4, 0.5) is 0 Å². The van der Waals surface area contributed by atoms with E-state index in [-0.39, 0.29) is 19.1 Å². The third-order valence-electron chi connectivity index (χ3n) is 3.33. The molecule has 1 aromatic heterocycles. The molecule has 8 heteroatoms. The first-order chi connectivity index (χ1) is 9.02. The van der Waals surface area contributed by atoms with Gasteiger partial charge in [-0.2, -0.15) is 0 Å².